The molecule has 2 atom stereocenters. The van der Waals surface area contributed by atoms with Gasteiger partial charge in [0.05, 0.1) is 26.0 Å². The number of methoxy groups -OCH3 is 2. The number of fused-ring (bicyclic) bond motifs is 3. The summed E-state index contributed by atoms with van der Waals surface area (Å²) in [4.78, 5) is 0. The molecule has 0 bridgehead atoms. The van der Waals surface area contributed by atoms with Crippen molar-refractivity contribution in [2.24, 2.45) is 5.10 Å². The molecule has 0 radical (unpaired) electrons. The maximum atomic E-state index is 10.5. The quantitative estimate of drug-likeness (QED) is 0.651. The van der Waals surface area contributed by atoms with Gasteiger partial charge in [-0.05, 0) is 49.4 Å². The van der Waals surface area contributed by atoms with E-state index in [2.05, 4.69) is 0 Å². The van der Waals surface area contributed by atoms with E-state index in [1.807, 2.05) is 66.5 Å². The fraction of sp³-hybridized carbons (Fsp3) is 0.240. The van der Waals surface area contributed by atoms with Gasteiger partial charge in [-0.15, -0.1) is 0 Å². The zero-order valence-electron chi connectivity index (χ0n) is 17.7. The van der Waals surface area contributed by atoms with Crippen LogP contribution < -0.4 is 14.2 Å². The summed E-state index contributed by atoms with van der Waals surface area (Å²) in [6, 6.07) is 19.3. The molecule has 2 aliphatic heterocycles. The molecule has 3 aromatic carbocycles. The number of phenolic OH excluding ortho intramolecular Hbond substituents is 1. The highest BCUT2D eigenvalue weighted by molar-refractivity contribution is 6.04. The SMILES string of the molecule is COc1ccc([C@H]2Oc3c(OC)cccc3[C@@H]3CC(c4cc(C)ccc4O)=NN23)cc1. The summed E-state index contributed by atoms with van der Waals surface area (Å²) in [6.45, 7) is 2.01. The Kier molecular flexibility index (Phi) is 4.70. The van der Waals surface area contributed by atoms with E-state index in [1.54, 1.807) is 20.3 Å². The van der Waals surface area contributed by atoms with Crippen LogP contribution in [0.3, 0.4) is 0 Å². The Bertz CT molecular complexity index is 1160. The van der Waals surface area contributed by atoms with Crippen LogP contribution in [0.5, 0.6) is 23.0 Å². The zero-order valence-corrected chi connectivity index (χ0v) is 17.7. The third-order valence-electron chi connectivity index (χ3n) is 5.86. The van der Waals surface area contributed by atoms with Crippen LogP contribution in [0.1, 0.15) is 40.9 Å². The minimum atomic E-state index is -0.427. The molecule has 0 saturated heterocycles. The molecule has 5 rings (SSSR count). The van der Waals surface area contributed by atoms with Gasteiger partial charge in [-0.1, -0.05) is 23.8 Å². The maximum absolute atomic E-state index is 10.5. The van der Waals surface area contributed by atoms with Crippen LogP contribution in [0.2, 0.25) is 0 Å². The molecule has 3 aromatic rings. The van der Waals surface area contributed by atoms with Crippen molar-refractivity contribution in [3.8, 4) is 23.0 Å². The summed E-state index contributed by atoms with van der Waals surface area (Å²) >= 11 is 0. The smallest absolute Gasteiger partial charge is 0.214 e. The molecule has 0 aliphatic carbocycles. The Morgan fingerprint density at radius 2 is 1.84 bits per heavy atom. The van der Waals surface area contributed by atoms with E-state index in [4.69, 9.17) is 19.3 Å². The van der Waals surface area contributed by atoms with Crippen molar-refractivity contribution in [2.45, 2.75) is 25.6 Å². The number of hydrogen-bond acceptors (Lipinski definition) is 6. The molecule has 0 fully saturated rings. The second kappa shape index (κ2) is 7.54. The Morgan fingerprint density at radius 3 is 2.58 bits per heavy atom. The minimum Gasteiger partial charge on any atom is -0.507 e. The van der Waals surface area contributed by atoms with Gasteiger partial charge in [0.1, 0.15) is 11.5 Å². The fourth-order valence-electron chi connectivity index (χ4n) is 4.28. The lowest BCUT2D eigenvalue weighted by molar-refractivity contribution is -0.0209. The van der Waals surface area contributed by atoms with Crippen LogP contribution in [0.15, 0.2) is 65.8 Å². The van der Waals surface area contributed by atoms with E-state index in [0.717, 1.165) is 39.5 Å². The first kappa shape index (κ1) is 19.3. The predicted octanol–water partition coefficient (Wildman–Crippen LogP) is 4.96. The van der Waals surface area contributed by atoms with Gasteiger partial charge in [0.25, 0.3) is 0 Å². The third-order valence-corrected chi connectivity index (χ3v) is 5.86. The summed E-state index contributed by atoms with van der Waals surface area (Å²) in [5.41, 5.74) is 4.65. The van der Waals surface area contributed by atoms with Crippen molar-refractivity contribution in [3.63, 3.8) is 0 Å². The van der Waals surface area contributed by atoms with Gasteiger partial charge >= 0.3 is 0 Å². The largest absolute Gasteiger partial charge is 0.507 e. The lowest BCUT2D eigenvalue weighted by Crippen LogP contribution is -2.33. The molecule has 31 heavy (non-hydrogen) atoms. The molecule has 0 amide bonds. The van der Waals surface area contributed by atoms with Crippen molar-refractivity contribution >= 4 is 5.71 Å². The van der Waals surface area contributed by atoms with E-state index in [0.29, 0.717) is 12.2 Å². The first-order valence-corrected chi connectivity index (χ1v) is 10.2. The Labute approximate surface area is 181 Å². The maximum Gasteiger partial charge on any atom is 0.214 e. The second-order valence-corrected chi connectivity index (χ2v) is 7.79. The standard InChI is InChI=1S/C25H24N2O4/c1-15-7-12-22(28)19(13-15)20-14-21-18-5-4-6-23(30-3)24(18)31-25(27(21)26-20)16-8-10-17(29-2)11-9-16/h4-13,21,25,28H,14H2,1-3H3/t21-,25+/m0/s1. The van der Waals surface area contributed by atoms with Crippen LogP contribution >= 0.6 is 0 Å². The molecule has 0 unspecified atom stereocenters. The topological polar surface area (TPSA) is 63.5 Å². The highest BCUT2D eigenvalue weighted by Gasteiger charge is 2.42. The fourth-order valence-corrected chi connectivity index (χ4v) is 4.28. The van der Waals surface area contributed by atoms with E-state index < -0.39 is 6.23 Å². The van der Waals surface area contributed by atoms with Crippen molar-refractivity contribution in [1.29, 1.82) is 0 Å². The first-order valence-electron chi connectivity index (χ1n) is 10.2. The summed E-state index contributed by atoms with van der Waals surface area (Å²) in [7, 11) is 3.30. The molecule has 1 N–H and O–H groups in total. The van der Waals surface area contributed by atoms with Crippen molar-refractivity contribution in [3.05, 3.63) is 82.9 Å². The first-order chi connectivity index (χ1) is 15.1. The van der Waals surface area contributed by atoms with E-state index in [1.165, 1.54) is 0 Å². The number of rotatable bonds is 4. The molecule has 6 nitrogen and oxygen atoms in total. The molecule has 6 heteroatoms. The van der Waals surface area contributed by atoms with Gasteiger partial charge in [-0.2, -0.15) is 5.10 Å². The zero-order chi connectivity index (χ0) is 21.5. The lowest BCUT2D eigenvalue weighted by atomic mass is 9.94. The Balaban J connectivity index is 1.62. The second-order valence-electron chi connectivity index (χ2n) is 7.79. The van der Waals surface area contributed by atoms with Gasteiger partial charge in [-0.3, -0.25) is 0 Å². The minimum absolute atomic E-state index is 0.0270. The lowest BCUT2D eigenvalue weighted by Gasteiger charge is -2.38. The molecule has 2 aliphatic rings. The average molecular weight is 416 g/mol. The van der Waals surface area contributed by atoms with E-state index in [9.17, 15) is 5.11 Å². The third kappa shape index (κ3) is 3.24. The number of nitrogens with zero attached hydrogens (tertiary/aromatic N) is 2. The molecule has 158 valence electrons. The van der Waals surface area contributed by atoms with Gasteiger partial charge in [0.2, 0.25) is 6.23 Å². The van der Waals surface area contributed by atoms with Crippen molar-refractivity contribution in [2.75, 3.05) is 14.2 Å². The number of hydrogen-bond donors (Lipinski definition) is 1. The number of ether oxygens (including phenoxy) is 3. The van der Waals surface area contributed by atoms with Gasteiger partial charge in [0, 0.05) is 23.1 Å². The molecular formula is C25H24N2O4. The number of phenols is 1. The number of benzene rings is 3. The summed E-state index contributed by atoms with van der Waals surface area (Å²) in [5, 5.41) is 17.4. The van der Waals surface area contributed by atoms with Crippen LogP contribution in [-0.2, 0) is 0 Å². The van der Waals surface area contributed by atoms with Crippen LogP contribution in [-0.4, -0.2) is 30.0 Å². The summed E-state index contributed by atoms with van der Waals surface area (Å²) < 4.78 is 17.3. The Morgan fingerprint density at radius 1 is 1.03 bits per heavy atom. The van der Waals surface area contributed by atoms with E-state index in [-0.39, 0.29) is 11.8 Å². The number of aryl methyl sites for hydroxylation is 1. The molecule has 2 heterocycles. The normalized spacial score (nSPS) is 19.2. The van der Waals surface area contributed by atoms with Gasteiger partial charge in [0.15, 0.2) is 11.5 Å². The molecule has 0 aromatic heterocycles. The average Bonchev–Trinajstić information content (AvgIpc) is 3.25. The van der Waals surface area contributed by atoms with Crippen LogP contribution in [0, 0.1) is 6.92 Å². The predicted molar refractivity (Wildman–Crippen MR) is 118 cm³/mol. The highest BCUT2D eigenvalue weighted by Crippen LogP contribution is 2.51. The van der Waals surface area contributed by atoms with Crippen LogP contribution in [0.25, 0.3) is 0 Å². The highest BCUT2D eigenvalue weighted by atomic mass is 16.5. The molecule has 0 saturated carbocycles. The summed E-state index contributed by atoms with van der Waals surface area (Å²) in [5.74, 6) is 2.45. The number of hydrazone groups is 1. The molecule has 0 spiro atoms. The Hall–Kier alpha value is -3.67. The van der Waals surface area contributed by atoms with Gasteiger partial charge < -0.3 is 19.3 Å². The van der Waals surface area contributed by atoms with Crippen molar-refractivity contribution in [1.82, 2.24) is 5.01 Å². The monoisotopic (exact) mass is 416 g/mol. The number of para-hydroxylation sites is 1. The summed E-state index contributed by atoms with van der Waals surface area (Å²) in [6.07, 6.45) is 0.233. The number of aromatic hydroxyl groups is 1. The van der Waals surface area contributed by atoms with E-state index >= 15 is 0 Å². The van der Waals surface area contributed by atoms with Gasteiger partial charge in [-0.25, -0.2) is 5.01 Å². The van der Waals surface area contributed by atoms with Crippen molar-refractivity contribution < 1.29 is 19.3 Å². The van der Waals surface area contributed by atoms with Crippen LogP contribution in [0.4, 0.5) is 0 Å². The molecular weight excluding hydrogens is 392 g/mol.